The highest BCUT2D eigenvalue weighted by Crippen LogP contribution is 2.39. The van der Waals surface area contributed by atoms with E-state index in [2.05, 4.69) is 25.6 Å². The number of rotatable bonds is 8. The lowest BCUT2D eigenvalue weighted by atomic mass is 10.0. The molecule has 4 aromatic rings. The second-order valence-corrected chi connectivity index (χ2v) is 12.3. The van der Waals surface area contributed by atoms with Crippen molar-refractivity contribution in [3.8, 4) is 22.9 Å². The maximum atomic E-state index is 14.7. The van der Waals surface area contributed by atoms with Gasteiger partial charge >= 0.3 is 12.3 Å². The van der Waals surface area contributed by atoms with Gasteiger partial charge in [0.1, 0.15) is 17.5 Å². The molecular formula is C33H36F4N6O4. The minimum absolute atomic E-state index is 0.0645. The van der Waals surface area contributed by atoms with Crippen LogP contribution in [0.2, 0.25) is 0 Å². The molecule has 0 radical (unpaired) electrons. The van der Waals surface area contributed by atoms with Crippen LogP contribution in [0, 0.1) is 6.92 Å². The number of aliphatic hydroxyl groups is 1. The van der Waals surface area contributed by atoms with Crippen molar-refractivity contribution in [3.05, 3.63) is 66.5 Å². The van der Waals surface area contributed by atoms with E-state index in [0.29, 0.717) is 33.5 Å². The summed E-state index contributed by atoms with van der Waals surface area (Å²) in [6, 6.07) is 13.3. The average Bonchev–Trinajstić information content (AvgIpc) is 3.00. The zero-order valence-electron chi connectivity index (χ0n) is 26.3. The number of pyridine rings is 1. The first-order chi connectivity index (χ1) is 22.2. The molecule has 1 aliphatic heterocycles. The fraction of sp³-hybridized carbons (Fsp3) is 0.394. The Hall–Kier alpha value is -4.72. The van der Waals surface area contributed by atoms with Gasteiger partial charge < -0.3 is 30.1 Å². The third kappa shape index (κ3) is 8.36. The molecule has 3 N–H and O–H groups in total. The van der Waals surface area contributed by atoms with E-state index in [1.54, 1.807) is 81.7 Å². The number of halogens is 4. The van der Waals surface area contributed by atoms with E-state index >= 15 is 0 Å². The number of nitrogens with zero attached hydrogens (tertiary/aromatic N) is 4. The molecule has 14 heteroatoms. The number of hydrogen-bond acceptors (Lipinski definition) is 9. The summed E-state index contributed by atoms with van der Waals surface area (Å²) in [6.07, 6.45) is -5.88. The summed E-state index contributed by atoms with van der Waals surface area (Å²) in [4.78, 5) is 27.3. The molecule has 0 saturated carbocycles. The fourth-order valence-corrected chi connectivity index (χ4v) is 5.19. The molecule has 0 aliphatic carbocycles. The van der Waals surface area contributed by atoms with Crippen LogP contribution < -0.4 is 15.4 Å². The first-order valence-corrected chi connectivity index (χ1v) is 15.0. The van der Waals surface area contributed by atoms with Crippen LogP contribution in [0.1, 0.15) is 32.8 Å². The summed E-state index contributed by atoms with van der Waals surface area (Å²) >= 11 is 0. The molecule has 47 heavy (non-hydrogen) atoms. The van der Waals surface area contributed by atoms with Gasteiger partial charge in [-0.15, -0.1) is 0 Å². The molecule has 0 bridgehead atoms. The van der Waals surface area contributed by atoms with Crippen LogP contribution in [0.4, 0.5) is 34.0 Å². The smallest absolute Gasteiger partial charge is 0.416 e. The van der Waals surface area contributed by atoms with Crippen LogP contribution >= 0.6 is 0 Å². The number of anilines is 2. The zero-order valence-corrected chi connectivity index (χ0v) is 26.3. The topological polar surface area (TPSA) is 122 Å². The van der Waals surface area contributed by atoms with Crippen molar-refractivity contribution in [2.24, 2.45) is 0 Å². The van der Waals surface area contributed by atoms with E-state index in [1.807, 2.05) is 6.92 Å². The maximum absolute atomic E-state index is 14.7. The Kier molecular flexibility index (Phi) is 9.70. The molecule has 5 rings (SSSR count). The summed E-state index contributed by atoms with van der Waals surface area (Å²) in [5.41, 5.74) is 1.42. The highest BCUT2D eigenvalue weighted by molar-refractivity contribution is 5.98. The van der Waals surface area contributed by atoms with Crippen molar-refractivity contribution >= 4 is 28.5 Å². The minimum atomic E-state index is -4.75. The van der Waals surface area contributed by atoms with Crippen LogP contribution in [0.15, 0.2) is 60.9 Å². The first-order valence-electron chi connectivity index (χ1n) is 15.0. The van der Waals surface area contributed by atoms with Crippen LogP contribution in [-0.4, -0.2) is 80.8 Å². The number of ether oxygens (including phenoxy) is 2. The summed E-state index contributed by atoms with van der Waals surface area (Å²) < 4.78 is 65.1. The summed E-state index contributed by atoms with van der Waals surface area (Å²) in [6.45, 7) is 6.50. The van der Waals surface area contributed by atoms with Crippen LogP contribution in [0.5, 0.6) is 11.6 Å². The highest BCUT2D eigenvalue weighted by Gasteiger charge is 2.38. The number of aryl methyl sites for hydroxylation is 1. The molecule has 2 aromatic carbocycles. The van der Waals surface area contributed by atoms with E-state index < -0.39 is 42.7 Å². The van der Waals surface area contributed by atoms with Gasteiger partial charge in [0, 0.05) is 54.4 Å². The first kappa shape index (κ1) is 33.6. The van der Waals surface area contributed by atoms with E-state index in [4.69, 9.17) is 9.47 Å². The quantitative estimate of drug-likeness (QED) is 0.174. The number of nitrogens with one attached hydrogen (secondary N) is 2. The molecule has 1 amide bonds. The number of aromatic nitrogens is 3. The molecule has 3 atom stereocenters. The monoisotopic (exact) mass is 656 g/mol. The number of likely N-dealkylation sites (tertiary alicyclic amines) is 1. The largest absolute Gasteiger partial charge is 0.444 e. The standard InChI is InChI=1S/C33H36F4N6O4/c1-19-10-11-22-23(7-5-9-25(22)40-16-27(44)33(35,36)37)28(19)46-29-24(8-6-13-38-29)26-12-14-39-30(42-26)41-21-15-20(34)17-43(18-21)31(45)47-32(2,3)4/h5-14,20-21,27,40,44H,15-18H2,1-4H3,(H,39,41,42)/t20-,21-,27?/m0/s1. The zero-order chi connectivity index (χ0) is 33.9. The molecule has 10 nitrogen and oxygen atoms in total. The number of fused-ring (bicyclic) bond motifs is 1. The summed E-state index contributed by atoms with van der Waals surface area (Å²) in [7, 11) is 0. The van der Waals surface area contributed by atoms with Gasteiger partial charge in [-0.05, 0) is 57.5 Å². The van der Waals surface area contributed by atoms with E-state index in [1.165, 1.54) is 4.90 Å². The van der Waals surface area contributed by atoms with Gasteiger partial charge in [0.15, 0.2) is 6.10 Å². The Morgan fingerprint density at radius 2 is 1.83 bits per heavy atom. The third-order valence-electron chi connectivity index (χ3n) is 7.36. The van der Waals surface area contributed by atoms with Crippen molar-refractivity contribution in [2.45, 2.75) is 64.2 Å². The number of alkyl halides is 4. The number of piperidine rings is 1. The van der Waals surface area contributed by atoms with Crippen molar-refractivity contribution in [3.63, 3.8) is 0 Å². The van der Waals surface area contributed by atoms with E-state index in [0.717, 1.165) is 5.56 Å². The molecular weight excluding hydrogens is 620 g/mol. The van der Waals surface area contributed by atoms with Gasteiger partial charge in [0.2, 0.25) is 11.8 Å². The number of hydrogen-bond donors (Lipinski definition) is 3. The molecule has 3 heterocycles. The predicted octanol–water partition coefficient (Wildman–Crippen LogP) is 6.89. The Labute approximate surface area is 269 Å². The number of amides is 1. The maximum Gasteiger partial charge on any atom is 0.416 e. The molecule has 250 valence electrons. The van der Waals surface area contributed by atoms with Crippen molar-refractivity contribution in [1.82, 2.24) is 19.9 Å². The third-order valence-corrected chi connectivity index (χ3v) is 7.36. The van der Waals surface area contributed by atoms with Gasteiger partial charge in [-0.3, -0.25) is 0 Å². The van der Waals surface area contributed by atoms with Crippen molar-refractivity contribution < 1.29 is 36.9 Å². The molecule has 1 aliphatic rings. The summed E-state index contributed by atoms with van der Waals surface area (Å²) in [5.74, 6) is 0.878. The highest BCUT2D eigenvalue weighted by atomic mass is 19.4. The SMILES string of the molecule is Cc1ccc2c(NCC(O)C(F)(F)F)cccc2c1Oc1ncccc1-c1ccnc(N[C@H]2C[C@H](F)CN(C(=O)OC(C)(C)C)C2)n1. The normalized spacial score (nSPS) is 17.7. The molecule has 1 fully saturated rings. The van der Waals surface area contributed by atoms with E-state index in [-0.39, 0.29) is 31.3 Å². The molecule has 1 saturated heterocycles. The van der Waals surface area contributed by atoms with Crippen molar-refractivity contribution in [2.75, 3.05) is 30.3 Å². The molecule has 2 aromatic heterocycles. The molecule has 1 unspecified atom stereocenters. The van der Waals surface area contributed by atoms with Gasteiger partial charge in [-0.25, -0.2) is 24.1 Å². The Bertz CT molecular complexity index is 1730. The number of carbonyl (C=O) groups is 1. The summed E-state index contributed by atoms with van der Waals surface area (Å²) in [5, 5.41) is 16.5. The lowest BCUT2D eigenvalue weighted by molar-refractivity contribution is -0.198. The number of benzene rings is 2. The number of carbonyl (C=O) groups excluding carboxylic acids is 1. The molecule has 0 spiro atoms. The second-order valence-electron chi connectivity index (χ2n) is 12.3. The van der Waals surface area contributed by atoms with Crippen molar-refractivity contribution in [1.29, 1.82) is 0 Å². The van der Waals surface area contributed by atoms with Gasteiger partial charge in [-0.2, -0.15) is 13.2 Å². The van der Waals surface area contributed by atoms with Gasteiger partial charge in [-0.1, -0.05) is 24.3 Å². The second kappa shape index (κ2) is 13.6. The lowest BCUT2D eigenvalue weighted by Gasteiger charge is -2.36. The average molecular weight is 657 g/mol. The Morgan fingerprint density at radius 3 is 2.57 bits per heavy atom. The fourth-order valence-electron chi connectivity index (χ4n) is 5.19. The predicted molar refractivity (Wildman–Crippen MR) is 169 cm³/mol. The lowest BCUT2D eigenvalue weighted by Crippen LogP contribution is -2.51. The van der Waals surface area contributed by atoms with Gasteiger partial charge in [0.05, 0.1) is 17.8 Å². The van der Waals surface area contributed by atoms with E-state index in [9.17, 15) is 27.5 Å². The Balaban J connectivity index is 1.38. The number of aliphatic hydroxyl groups excluding tert-OH is 1. The van der Waals surface area contributed by atoms with Crippen LogP contribution in [0.25, 0.3) is 22.0 Å². The minimum Gasteiger partial charge on any atom is -0.444 e. The Morgan fingerprint density at radius 1 is 1.04 bits per heavy atom. The van der Waals surface area contributed by atoms with Crippen LogP contribution in [-0.2, 0) is 4.74 Å². The van der Waals surface area contributed by atoms with Gasteiger partial charge in [0.25, 0.3) is 0 Å². The van der Waals surface area contributed by atoms with Crippen LogP contribution in [0.3, 0.4) is 0 Å².